The van der Waals surface area contributed by atoms with Crippen LogP contribution < -0.4 is 0 Å². The Morgan fingerprint density at radius 2 is 2.00 bits per heavy atom. The van der Waals surface area contributed by atoms with Crippen LogP contribution in [0, 0.1) is 0 Å². The molecule has 0 aromatic carbocycles. The van der Waals surface area contributed by atoms with E-state index in [2.05, 4.69) is 16.9 Å². The molecule has 0 aromatic rings. The molecule has 1 atom stereocenters. The Kier molecular flexibility index (Phi) is 8.01. The van der Waals surface area contributed by atoms with Crippen molar-refractivity contribution in [1.82, 2.24) is 0 Å². The summed E-state index contributed by atoms with van der Waals surface area (Å²) < 4.78 is 0. The SMILES string of the molecule is CCCCCC(CN=C=O)N=C=O. The molecule has 0 spiro atoms. The maximum absolute atomic E-state index is 9.98. The fourth-order valence-corrected chi connectivity index (χ4v) is 1.04. The minimum absolute atomic E-state index is 0.189. The first-order chi connectivity index (χ1) is 6.35. The maximum Gasteiger partial charge on any atom is 0.235 e. The maximum atomic E-state index is 9.98. The molecule has 72 valence electrons. The molecule has 0 aliphatic rings. The third-order valence-corrected chi connectivity index (χ3v) is 1.74. The van der Waals surface area contributed by atoms with Crippen LogP contribution in [0.3, 0.4) is 0 Å². The Bertz CT molecular complexity index is 216. The molecule has 0 amide bonds. The van der Waals surface area contributed by atoms with E-state index in [0.29, 0.717) is 0 Å². The lowest BCUT2D eigenvalue weighted by Gasteiger charge is -2.04. The topological polar surface area (TPSA) is 58.9 Å². The number of nitrogens with zero attached hydrogens (tertiary/aromatic N) is 2. The van der Waals surface area contributed by atoms with Gasteiger partial charge in [-0.25, -0.2) is 19.6 Å². The fourth-order valence-electron chi connectivity index (χ4n) is 1.04. The lowest BCUT2D eigenvalue weighted by Crippen LogP contribution is -2.08. The molecule has 4 heteroatoms. The quantitative estimate of drug-likeness (QED) is 0.341. The summed E-state index contributed by atoms with van der Waals surface area (Å²) in [6, 6.07) is -0.189. The van der Waals surface area contributed by atoms with E-state index in [4.69, 9.17) is 0 Å². The third-order valence-electron chi connectivity index (χ3n) is 1.74. The van der Waals surface area contributed by atoms with E-state index in [9.17, 15) is 9.59 Å². The Hall–Kier alpha value is -1.24. The van der Waals surface area contributed by atoms with Crippen LogP contribution >= 0.6 is 0 Å². The molecule has 0 bridgehead atoms. The summed E-state index contributed by atoms with van der Waals surface area (Å²) in [6.07, 6.45) is 6.93. The van der Waals surface area contributed by atoms with Crippen LogP contribution in [0.5, 0.6) is 0 Å². The number of isocyanates is 2. The van der Waals surface area contributed by atoms with Crippen molar-refractivity contribution in [2.45, 2.75) is 38.6 Å². The van der Waals surface area contributed by atoms with Crippen molar-refractivity contribution in [1.29, 1.82) is 0 Å². The Morgan fingerprint density at radius 3 is 2.54 bits per heavy atom. The zero-order valence-corrected chi connectivity index (χ0v) is 7.82. The highest BCUT2D eigenvalue weighted by atomic mass is 16.1. The Morgan fingerprint density at radius 1 is 1.23 bits per heavy atom. The smallest absolute Gasteiger partial charge is 0.211 e. The summed E-state index contributed by atoms with van der Waals surface area (Å²) >= 11 is 0. The average Bonchev–Trinajstić information content (AvgIpc) is 2.14. The summed E-state index contributed by atoms with van der Waals surface area (Å²) in [6.45, 7) is 2.35. The molecule has 0 aliphatic carbocycles. The largest absolute Gasteiger partial charge is 0.235 e. The molecule has 0 heterocycles. The third kappa shape index (κ3) is 7.13. The second-order valence-electron chi connectivity index (χ2n) is 2.80. The number of carbonyl (C=O) groups excluding carboxylic acids is 2. The van der Waals surface area contributed by atoms with Crippen molar-refractivity contribution in [3.63, 3.8) is 0 Å². The van der Waals surface area contributed by atoms with Gasteiger partial charge in [0.05, 0.1) is 12.6 Å². The first-order valence-electron chi connectivity index (χ1n) is 4.45. The van der Waals surface area contributed by atoms with Crippen LogP contribution in [0.15, 0.2) is 9.98 Å². The van der Waals surface area contributed by atoms with Crippen LogP contribution in [-0.4, -0.2) is 24.7 Å². The molecule has 4 nitrogen and oxygen atoms in total. The molecule has 0 radical (unpaired) electrons. The van der Waals surface area contributed by atoms with Crippen LogP contribution in [-0.2, 0) is 9.59 Å². The number of unbranched alkanes of at least 4 members (excludes halogenated alkanes) is 2. The van der Waals surface area contributed by atoms with Crippen molar-refractivity contribution < 1.29 is 9.59 Å². The van der Waals surface area contributed by atoms with Gasteiger partial charge in [-0.05, 0) is 6.42 Å². The van der Waals surface area contributed by atoms with E-state index in [1.165, 1.54) is 12.2 Å². The number of aliphatic imine (C=N–C) groups is 2. The summed E-state index contributed by atoms with van der Waals surface area (Å²) in [5, 5.41) is 0. The molecule has 0 N–H and O–H groups in total. The van der Waals surface area contributed by atoms with E-state index >= 15 is 0 Å². The van der Waals surface area contributed by atoms with Crippen LogP contribution in [0.2, 0.25) is 0 Å². The molecule has 1 unspecified atom stereocenters. The second-order valence-corrected chi connectivity index (χ2v) is 2.80. The first-order valence-corrected chi connectivity index (χ1v) is 4.45. The lowest BCUT2D eigenvalue weighted by molar-refractivity contribution is 0.533. The van der Waals surface area contributed by atoms with E-state index in [1.54, 1.807) is 0 Å². The summed E-state index contributed by atoms with van der Waals surface area (Å²) in [5.41, 5.74) is 0. The van der Waals surface area contributed by atoms with Crippen molar-refractivity contribution in [2.75, 3.05) is 6.54 Å². The molecule has 0 fully saturated rings. The molecule has 0 rings (SSSR count). The van der Waals surface area contributed by atoms with Crippen molar-refractivity contribution in [2.24, 2.45) is 9.98 Å². The highest BCUT2D eigenvalue weighted by Gasteiger charge is 2.04. The molecule has 13 heavy (non-hydrogen) atoms. The number of hydrogen-bond donors (Lipinski definition) is 0. The fraction of sp³-hybridized carbons (Fsp3) is 0.778. The molecular formula is C9H14N2O2. The number of rotatable bonds is 7. The van der Waals surface area contributed by atoms with Crippen LogP contribution in [0.25, 0.3) is 0 Å². The van der Waals surface area contributed by atoms with Gasteiger partial charge in [0.25, 0.3) is 0 Å². The minimum Gasteiger partial charge on any atom is -0.211 e. The van der Waals surface area contributed by atoms with Crippen LogP contribution in [0.4, 0.5) is 0 Å². The summed E-state index contributed by atoms with van der Waals surface area (Å²) in [4.78, 5) is 26.7. The molecule has 0 saturated heterocycles. The second kappa shape index (κ2) is 8.85. The normalized spacial score (nSPS) is 11.2. The van der Waals surface area contributed by atoms with Gasteiger partial charge >= 0.3 is 0 Å². The molecule has 0 aromatic heterocycles. The average molecular weight is 182 g/mol. The van der Waals surface area contributed by atoms with Gasteiger partial charge < -0.3 is 0 Å². The predicted molar refractivity (Wildman–Crippen MR) is 49.0 cm³/mol. The molecule has 0 aliphatic heterocycles. The van der Waals surface area contributed by atoms with Gasteiger partial charge in [0.1, 0.15) is 0 Å². The molecular weight excluding hydrogens is 168 g/mol. The van der Waals surface area contributed by atoms with Crippen molar-refractivity contribution >= 4 is 12.2 Å². The van der Waals surface area contributed by atoms with E-state index in [0.717, 1.165) is 25.7 Å². The standard InChI is InChI=1S/C9H14N2O2/c1-2-3-4-5-9(11-8-13)6-10-7-12/h9H,2-6H2,1H3. The number of hydrogen-bond acceptors (Lipinski definition) is 4. The highest BCUT2D eigenvalue weighted by molar-refractivity contribution is 5.35. The van der Waals surface area contributed by atoms with Gasteiger partial charge in [0.2, 0.25) is 12.2 Å². The van der Waals surface area contributed by atoms with Gasteiger partial charge in [-0.15, -0.1) is 0 Å². The highest BCUT2D eigenvalue weighted by Crippen LogP contribution is 2.06. The first kappa shape index (κ1) is 11.8. The van der Waals surface area contributed by atoms with Gasteiger partial charge in [0.15, 0.2) is 0 Å². The monoisotopic (exact) mass is 182 g/mol. The zero-order valence-electron chi connectivity index (χ0n) is 7.82. The summed E-state index contributed by atoms with van der Waals surface area (Å²) in [5.74, 6) is 0. The Labute approximate surface area is 77.8 Å². The van der Waals surface area contributed by atoms with Crippen molar-refractivity contribution in [3.8, 4) is 0 Å². The predicted octanol–water partition coefficient (Wildman–Crippen LogP) is 1.61. The van der Waals surface area contributed by atoms with Gasteiger partial charge in [0, 0.05) is 0 Å². The van der Waals surface area contributed by atoms with E-state index < -0.39 is 0 Å². The van der Waals surface area contributed by atoms with Crippen molar-refractivity contribution in [3.05, 3.63) is 0 Å². The van der Waals surface area contributed by atoms with Gasteiger partial charge in [-0.1, -0.05) is 26.2 Å². The minimum atomic E-state index is -0.189. The van der Waals surface area contributed by atoms with E-state index in [-0.39, 0.29) is 12.6 Å². The van der Waals surface area contributed by atoms with E-state index in [1.807, 2.05) is 0 Å². The van der Waals surface area contributed by atoms with Crippen LogP contribution in [0.1, 0.15) is 32.6 Å². The Balaban J connectivity index is 3.79. The lowest BCUT2D eigenvalue weighted by atomic mass is 10.1. The van der Waals surface area contributed by atoms with Gasteiger partial charge in [-0.3, -0.25) is 0 Å². The van der Waals surface area contributed by atoms with Gasteiger partial charge in [-0.2, -0.15) is 0 Å². The zero-order chi connectivity index (χ0) is 9.94. The summed E-state index contributed by atoms with van der Waals surface area (Å²) in [7, 11) is 0. The molecule has 0 saturated carbocycles.